The molecule has 0 aromatic heterocycles. The van der Waals surface area contributed by atoms with E-state index in [9.17, 15) is 9.18 Å². The molecular weight excluding hydrogens is 327 g/mol. The topological polar surface area (TPSA) is 54.0 Å². The quantitative estimate of drug-likeness (QED) is 0.571. The zero-order chi connectivity index (χ0) is 18.4. The van der Waals surface area contributed by atoms with Crippen LogP contribution >= 0.6 is 0 Å². The monoisotopic (exact) mass is 348 g/mol. The molecule has 134 valence electrons. The van der Waals surface area contributed by atoms with Crippen LogP contribution in [0.15, 0.2) is 30.3 Å². The molecule has 0 N–H and O–H groups in total. The van der Waals surface area contributed by atoms with Crippen LogP contribution in [0.2, 0.25) is 0 Å². The summed E-state index contributed by atoms with van der Waals surface area (Å²) < 4.78 is 34.7. The lowest BCUT2D eigenvalue weighted by Gasteiger charge is -2.15. The number of halogens is 1. The van der Waals surface area contributed by atoms with E-state index >= 15 is 0 Å². The molecule has 0 atom stereocenters. The number of carbonyl (C=O) groups is 1. The molecule has 0 saturated carbocycles. The standard InChI is InChI=1S/C19H21FO5/c1-5-13-10-15(20)18(9-12(13)2)24-11-14-16(22-3)7-6-8-17(14)25-19(21)23-4/h6-10H,5,11H2,1-4H3. The Balaban J connectivity index is 2.28. The van der Waals surface area contributed by atoms with E-state index in [1.54, 1.807) is 24.3 Å². The average Bonchev–Trinajstić information content (AvgIpc) is 2.62. The number of ether oxygens (including phenoxy) is 4. The van der Waals surface area contributed by atoms with Crippen LogP contribution in [0.1, 0.15) is 23.6 Å². The number of benzene rings is 2. The van der Waals surface area contributed by atoms with Gasteiger partial charge in [-0.3, -0.25) is 0 Å². The predicted molar refractivity (Wildman–Crippen MR) is 90.9 cm³/mol. The van der Waals surface area contributed by atoms with Gasteiger partial charge in [-0.1, -0.05) is 13.0 Å². The van der Waals surface area contributed by atoms with Gasteiger partial charge in [0.1, 0.15) is 18.1 Å². The second-order valence-electron chi connectivity index (χ2n) is 5.34. The molecule has 25 heavy (non-hydrogen) atoms. The molecule has 0 aliphatic carbocycles. The third-order valence-electron chi connectivity index (χ3n) is 3.81. The van der Waals surface area contributed by atoms with Gasteiger partial charge < -0.3 is 18.9 Å². The van der Waals surface area contributed by atoms with E-state index in [2.05, 4.69) is 4.74 Å². The van der Waals surface area contributed by atoms with Crippen molar-refractivity contribution in [2.24, 2.45) is 0 Å². The van der Waals surface area contributed by atoms with Gasteiger partial charge in [0.05, 0.1) is 19.8 Å². The van der Waals surface area contributed by atoms with E-state index in [-0.39, 0.29) is 18.1 Å². The van der Waals surface area contributed by atoms with E-state index in [1.807, 2.05) is 13.8 Å². The molecule has 2 rings (SSSR count). The van der Waals surface area contributed by atoms with Crippen molar-refractivity contribution in [3.63, 3.8) is 0 Å². The molecule has 2 aromatic rings. The van der Waals surface area contributed by atoms with Gasteiger partial charge in [0.15, 0.2) is 11.6 Å². The summed E-state index contributed by atoms with van der Waals surface area (Å²) in [6.07, 6.45) is -0.115. The first kappa shape index (κ1) is 18.6. The van der Waals surface area contributed by atoms with Crippen molar-refractivity contribution in [2.75, 3.05) is 14.2 Å². The van der Waals surface area contributed by atoms with Crippen LogP contribution in [0.4, 0.5) is 9.18 Å². The van der Waals surface area contributed by atoms with Crippen molar-refractivity contribution in [1.82, 2.24) is 0 Å². The Labute approximate surface area is 146 Å². The highest BCUT2D eigenvalue weighted by Gasteiger charge is 2.16. The SMILES string of the molecule is CCc1cc(F)c(OCc2c(OC)cccc2OC(=O)OC)cc1C. The summed E-state index contributed by atoms with van der Waals surface area (Å²) in [5.41, 5.74) is 2.36. The smallest absolute Gasteiger partial charge is 0.496 e. The number of aryl methyl sites for hydroxylation is 2. The van der Waals surface area contributed by atoms with Crippen LogP contribution in [0.3, 0.4) is 0 Å². The second-order valence-corrected chi connectivity index (χ2v) is 5.34. The minimum Gasteiger partial charge on any atom is -0.496 e. The maximum atomic E-state index is 14.2. The first-order valence-electron chi connectivity index (χ1n) is 7.83. The number of carbonyl (C=O) groups excluding carboxylic acids is 1. The van der Waals surface area contributed by atoms with Crippen LogP contribution in [0.25, 0.3) is 0 Å². The molecule has 0 radical (unpaired) electrons. The highest BCUT2D eigenvalue weighted by molar-refractivity contribution is 5.65. The van der Waals surface area contributed by atoms with E-state index in [0.29, 0.717) is 11.3 Å². The van der Waals surface area contributed by atoms with Crippen molar-refractivity contribution < 1.29 is 28.1 Å². The Kier molecular flexibility index (Phi) is 6.22. The summed E-state index contributed by atoms with van der Waals surface area (Å²) in [6, 6.07) is 8.08. The number of methoxy groups -OCH3 is 2. The number of hydrogen-bond acceptors (Lipinski definition) is 5. The summed E-state index contributed by atoms with van der Waals surface area (Å²) in [5, 5.41) is 0. The van der Waals surface area contributed by atoms with E-state index < -0.39 is 12.0 Å². The first-order chi connectivity index (χ1) is 12.0. The summed E-state index contributed by atoms with van der Waals surface area (Å²) in [4.78, 5) is 11.4. The number of hydrogen-bond donors (Lipinski definition) is 0. The maximum Gasteiger partial charge on any atom is 0.513 e. The molecule has 0 amide bonds. The van der Waals surface area contributed by atoms with Gasteiger partial charge in [-0.15, -0.1) is 0 Å². The fourth-order valence-corrected chi connectivity index (χ4v) is 2.44. The summed E-state index contributed by atoms with van der Waals surface area (Å²) >= 11 is 0. The Bertz CT molecular complexity index is 758. The second kappa shape index (κ2) is 8.37. The normalized spacial score (nSPS) is 10.3. The molecular formula is C19H21FO5. The third-order valence-corrected chi connectivity index (χ3v) is 3.81. The highest BCUT2D eigenvalue weighted by atomic mass is 19.1. The van der Waals surface area contributed by atoms with E-state index in [0.717, 1.165) is 17.5 Å². The van der Waals surface area contributed by atoms with Crippen LogP contribution in [0, 0.1) is 12.7 Å². The molecule has 0 fully saturated rings. The lowest BCUT2D eigenvalue weighted by Crippen LogP contribution is -2.11. The van der Waals surface area contributed by atoms with Gasteiger partial charge >= 0.3 is 6.16 Å². The van der Waals surface area contributed by atoms with Crippen LogP contribution < -0.4 is 14.2 Å². The van der Waals surface area contributed by atoms with Gasteiger partial charge in [-0.05, 0) is 48.7 Å². The fraction of sp³-hybridized carbons (Fsp3) is 0.316. The van der Waals surface area contributed by atoms with Crippen molar-refractivity contribution in [2.45, 2.75) is 26.9 Å². The van der Waals surface area contributed by atoms with Crippen molar-refractivity contribution in [3.8, 4) is 17.2 Å². The van der Waals surface area contributed by atoms with E-state index in [4.69, 9.17) is 14.2 Å². The predicted octanol–water partition coefficient (Wildman–Crippen LogP) is 4.43. The highest BCUT2D eigenvalue weighted by Crippen LogP contribution is 2.31. The molecule has 0 heterocycles. The maximum absolute atomic E-state index is 14.2. The lowest BCUT2D eigenvalue weighted by molar-refractivity contribution is 0.120. The Morgan fingerprint density at radius 2 is 1.84 bits per heavy atom. The summed E-state index contributed by atoms with van der Waals surface area (Å²) in [7, 11) is 2.70. The summed E-state index contributed by atoms with van der Waals surface area (Å²) in [5.74, 6) is 0.384. The molecule has 0 spiro atoms. The lowest BCUT2D eigenvalue weighted by atomic mass is 10.1. The largest absolute Gasteiger partial charge is 0.513 e. The molecule has 0 aliphatic rings. The van der Waals surface area contributed by atoms with Crippen molar-refractivity contribution in [3.05, 3.63) is 52.8 Å². The van der Waals surface area contributed by atoms with Crippen LogP contribution in [-0.2, 0) is 17.8 Å². The Morgan fingerprint density at radius 1 is 1.12 bits per heavy atom. The van der Waals surface area contributed by atoms with Gasteiger partial charge in [0.2, 0.25) is 0 Å². The zero-order valence-corrected chi connectivity index (χ0v) is 14.7. The molecule has 6 heteroatoms. The van der Waals surface area contributed by atoms with E-state index in [1.165, 1.54) is 20.3 Å². The molecule has 0 unspecified atom stereocenters. The van der Waals surface area contributed by atoms with Gasteiger partial charge in [-0.2, -0.15) is 0 Å². The van der Waals surface area contributed by atoms with Gasteiger partial charge in [0, 0.05) is 0 Å². The number of rotatable bonds is 6. The third kappa shape index (κ3) is 4.41. The van der Waals surface area contributed by atoms with Gasteiger partial charge in [-0.25, -0.2) is 9.18 Å². The van der Waals surface area contributed by atoms with Gasteiger partial charge in [0.25, 0.3) is 0 Å². The zero-order valence-electron chi connectivity index (χ0n) is 14.7. The minimum atomic E-state index is -0.858. The van der Waals surface area contributed by atoms with Crippen LogP contribution in [-0.4, -0.2) is 20.4 Å². The Morgan fingerprint density at radius 3 is 2.48 bits per heavy atom. The summed E-state index contributed by atoms with van der Waals surface area (Å²) in [6.45, 7) is 3.84. The van der Waals surface area contributed by atoms with Crippen LogP contribution in [0.5, 0.6) is 17.2 Å². The van der Waals surface area contributed by atoms with Crippen molar-refractivity contribution in [1.29, 1.82) is 0 Å². The molecule has 2 aromatic carbocycles. The minimum absolute atomic E-state index is 0.0296. The molecule has 0 saturated heterocycles. The molecule has 0 aliphatic heterocycles. The van der Waals surface area contributed by atoms with Crippen molar-refractivity contribution >= 4 is 6.16 Å². The molecule has 5 nitrogen and oxygen atoms in total. The average molecular weight is 348 g/mol. The first-order valence-corrected chi connectivity index (χ1v) is 7.83. The Hall–Kier alpha value is -2.76. The fourth-order valence-electron chi connectivity index (χ4n) is 2.44. The molecule has 0 bridgehead atoms.